The van der Waals surface area contributed by atoms with Crippen molar-refractivity contribution in [1.82, 2.24) is 14.3 Å². The van der Waals surface area contributed by atoms with Crippen molar-refractivity contribution < 1.29 is 21.6 Å². The second-order valence-electron chi connectivity index (χ2n) is 8.16. The van der Waals surface area contributed by atoms with E-state index in [2.05, 4.69) is 10.0 Å². The molecule has 0 aromatic heterocycles. The maximum absolute atomic E-state index is 12.5. The van der Waals surface area contributed by atoms with Gasteiger partial charge in [-0.15, -0.1) is 0 Å². The zero-order chi connectivity index (χ0) is 25.5. The number of hydrogen-bond donors (Lipinski definition) is 2. The molecule has 8 nitrogen and oxygen atoms in total. The van der Waals surface area contributed by atoms with Gasteiger partial charge in [-0.2, -0.15) is 0 Å². The zero-order valence-corrected chi connectivity index (χ0v) is 21.3. The van der Waals surface area contributed by atoms with Crippen LogP contribution in [-0.2, 0) is 44.4 Å². The van der Waals surface area contributed by atoms with Crippen LogP contribution in [-0.4, -0.2) is 41.1 Å². The maximum Gasteiger partial charge on any atom is 0.242 e. The summed E-state index contributed by atoms with van der Waals surface area (Å²) in [6.07, 6.45) is 0.703. The number of hydrogen-bond acceptors (Lipinski definition) is 5. The highest BCUT2D eigenvalue weighted by molar-refractivity contribution is 7.89. The van der Waals surface area contributed by atoms with Gasteiger partial charge in [-0.25, -0.2) is 25.9 Å². The number of carbonyl (C=O) groups excluding carboxylic acids is 1. The molecule has 0 fully saturated rings. The Morgan fingerprint density at radius 1 is 0.714 bits per heavy atom. The van der Waals surface area contributed by atoms with E-state index in [4.69, 9.17) is 0 Å². The lowest BCUT2D eigenvalue weighted by atomic mass is 10.1. The van der Waals surface area contributed by atoms with E-state index < -0.39 is 20.0 Å². The highest BCUT2D eigenvalue weighted by Crippen LogP contribution is 2.15. The Balaban J connectivity index is 1.47. The van der Waals surface area contributed by atoms with Gasteiger partial charge >= 0.3 is 0 Å². The van der Waals surface area contributed by atoms with E-state index in [1.807, 2.05) is 30.3 Å². The first kappa shape index (κ1) is 26.6. The maximum atomic E-state index is 12.5. The van der Waals surface area contributed by atoms with Crippen LogP contribution in [0.4, 0.5) is 0 Å². The van der Waals surface area contributed by atoms with Crippen LogP contribution in [0.2, 0.25) is 0 Å². The average molecular weight is 516 g/mol. The number of benzene rings is 3. The molecular formula is C25H29N3O5S2. The Hall–Kier alpha value is -3.05. The van der Waals surface area contributed by atoms with Crippen LogP contribution in [0.1, 0.15) is 23.1 Å². The Labute approximate surface area is 207 Å². The van der Waals surface area contributed by atoms with Gasteiger partial charge in [0.05, 0.1) is 9.79 Å². The molecule has 0 aliphatic carbocycles. The van der Waals surface area contributed by atoms with Crippen molar-refractivity contribution in [3.63, 3.8) is 0 Å². The van der Waals surface area contributed by atoms with Crippen LogP contribution >= 0.6 is 0 Å². The van der Waals surface area contributed by atoms with Crippen molar-refractivity contribution in [1.29, 1.82) is 0 Å². The lowest BCUT2D eigenvalue weighted by Crippen LogP contribution is -2.24. The molecule has 3 aromatic rings. The predicted molar refractivity (Wildman–Crippen MR) is 134 cm³/mol. The summed E-state index contributed by atoms with van der Waals surface area (Å²) in [5.74, 6) is -0.156. The van der Waals surface area contributed by atoms with Gasteiger partial charge in [0.15, 0.2) is 0 Å². The Morgan fingerprint density at radius 3 is 1.86 bits per heavy atom. The van der Waals surface area contributed by atoms with Gasteiger partial charge in [-0.3, -0.25) is 4.79 Å². The molecule has 0 aliphatic heterocycles. The molecule has 3 aromatic carbocycles. The van der Waals surface area contributed by atoms with Crippen LogP contribution in [0.25, 0.3) is 0 Å². The van der Waals surface area contributed by atoms with E-state index in [0.717, 1.165) is 21.0 Å². The topological polar surface area (TPSA) is 113 Å². The molecule has 0 heterocycles. The van der Waals surface area contributed by atoms with E-state index >= 15 is 0 Å². The molecule has 0 unspecified atom stereocenters. The van der Waals surface area contributed by atoms with E-state index in [0.29, 0.717) is 6.42 Å². The first-order valence-electron chi connectivity index (χ1n) is 11.0. The number of nitrogens with zero attached hydrogens (tertiary/aromatic N) is 1. The van der Waals surface area contributed by atoms with Gasteiger partial charge < -0.3 is 5.32 Å². The molecule has 1 amide bonds. The highest BCUT2D eigenvalue weighted by Gasteiger charge is 2.17. The van der Waals surface area contributed by atoms with Gasteiger partial charge in [-0.1, -0.05) is 54.6 Å². The molecule has 2 N–H and O–H groups in total. The minimum absolute atomic E-state index is 0.156. The van der Waals surface area contributed by atoms with Gasteiger partial charge in [0.1, 0.15) is 0 Å². The highest BCUT2D eigenvalue weighted by atomic mass is 32.2. The third-order valence-corrected chi connectivity index (χ3v) is 8.62. The van der Waals surface area contributed by atoms with Gasteiger partial charge in [0, 0.05) is 33.6 Å². The first-order valence-corrected chi connectivity index (χ1v) is 13.9. The van der Waals surface area contributed by atoms with Crippen molar-refractivity contribution in [2.75, 3.05) is 14.1 Å². The van der Waals surface area contributed by atoms with Crippen LogP contribution < -0.4 is 10.0 Å². The molecule has 0 saturated carbocycles. The lowest BCUT2D eigenvalue weighted by Gasteiger charge is -2.12. The van der Waals surface area contributed by atoms with Gasteiger partial charge in [0.25, 0.3) is 0 Å². The molecule has 3 rings (SSSR count). The number of rotatable bonds is 11. The van der Waals surface area contributed by atoms with Crippen molar-refractivity contribution in [2.24, 2.45) is 0 Å². The summed E-state index contributed by atoms with van der Waals surface area (Å²) in [6, 6.07) is 22.1. The molecule has 186 valence electrons. The third kappa shape index (κ3) is 7.46. The summed E-state index contributed by atoms with van der Waals surface area (Å²) in [7, 11) is -4.18. The third-order valence-electron chi connectivity index (χ3n) is 5.38. The standard InChI is InChI=1S/C25H29N3O5S2/c1-28(2)35(32,33)24-15-10-22(11-16-24)18-26-25(29)17-12-20-8-13-23(14-9-20)34(30,31)27-19-21-6-4-3-5-7-21/h3-11,13-16,27H,12,17-19H2,1-2H3,(H,26,29). The monoisotopic (exact) mass is 515 g/mol. The number of carbonyl (C=O) groups is 1. The summed E-state index contributed by atoms with van der Waals surface area (Å²) >= 11 is 0. The Bertz CT molecular complexity index is 1340. The minimum Gasteiger partial charge on any atom is -0.352 e. The summed E-state index contributed by atoms with van der Waals surface area (Å²) in [5, 5.41) is 2.81. The van der Waals surface area contributed by atoms with Crippen molar-refractivity contribution in [2.45, 2.75) is 35.7 Å². The van der Waals surface area contributed by atoms with Crippen molar-refractivity contribution in [3.05, 3.63) is 95.6 Å². The number of amides is 1. The quantitative estimate of drug-likeness (QED) is 0.408. The fourth-order valence-electron chi connectivity index (χ4n) is 3.23. The summed E-state index contributed by atoms with van der Waals surface area (Å²) in [5.41, 5.74) is 2.50. The normalized spacial score (nSPS) is 12.0. The second-order valence-corrected chi connectivity index (χ2v) is 12.1. The molecule has 0 spiro atoms. The molecule has 0 saturated heterocycles. The molecule has 35 heavy (non-hydrogen) atoms. The zero-order valence-electron chi connectivity index (χ0n) is 19.6. The molecule has 10 heteroatoms. The molecule has 0 radical (unpaired) electrons. The largest absolute Gasteiger partial charge is 0.352 e. The number of nitrogens with one attached hydrogen (secondary N) is 2. The fourth-order valence-corrected chi connectivity index (χ4v) is 5.15. The van der Waals surface area contributed by atoms with E-state index in [9.17, 15) is 21.6 Å². The van der Waals surface area contributed by atoms with E-state index in [1.54, 1.807) is 24.3 Å². The number of sulfonamides is 2. The molecule has 0 atom stereocenters. The predicted octanol–water partition coefficient (Wildman–Crippen LogP) is 2.66. The SMILES string of the molecule is CN(C)S(=O)(=O)c1ccc(CNC(=O)CCc2ccc(S(=O)(=O)NCc3ccccc3)cc2)cc1. The average Bonchev–Trinajstić information content (AvgIpc) is 2.86. The fraction of sp³-hybridized carbons (Fsp3) is 0.240. The van der Waals surface area contributed by atoms with Crippen LogP contribution in [0.5, 0.6) is 0 Å². The lowest BCUT2D eigenvalue weighted by molar-refractivity contribution is -0.121. The first-order chi connectivity index (χ1) is 16.6. The molecule has 0 bridgehead atoms. The van der Waals surface area contributed by atoms with Gasteiger partial charge in [-0.05, 0) is 47.4 Å². The van der Waals surface area contributed by atoms with Gasteiger partial charge in [0.2, 0.25) is 26.0 Å². The molecular weight excluding hydrogens is 486 g/mol. The second kappa shape index (κ2) is 11.6. The Kier molecular flexibility index (Phi) is 8.79. The van der Waals surface area contributed by atoms with E-state index in [-0.39, 0.29) is 35.2 Å². The van der Waals surface area contributed by atoms with Crippen LogP contribution in [0.15, 0.2) is 88.7 Å². The summed E-state index contributed by atoms with van der Waals surface area (Å²) in [6.45, 7) is 0.491. The smallest absolute Gasteiger partial charge is 0.242 e. The van der Waals surface area contributed by atoms with Crippen LogP contribution in [0, 0.1) is 0 Å². The number of aryl methyl sites for hydroxylation is 1. The Morgan fingerprint density at radius 2 is 1.26 bits per heavy atom. The summed E-state index contributed by atoms with van der Waals surface area (Å²) < 4.78 is 53.0. The van der Waals surface area contributed by atoms with Crippen molar-refractivity contribution in [3.8, 4) is 0 Å². The van der Waals surface area contributed by atoms with Crippen molar-refractivity contribution >= 4 is 26.0 Å². The van der Waals surface area contributed by atoms with Crippen LogP contribution in [0.3, 0.4) is 0 Å². The minimum atomic E-state index is -3.63. The molecule has 0 aliphatic rings. The van der Waals surface area contributed by atoms with E-state index in [1.165, 1.54) is 38.4 Å². The summed E-state index contributed by atoms with van der Waals surface area (Å²) in [4.78, 5) is 12.6.